The first-order valence-corrected chi connectivity index (χ1v) is 11.8. The third-order valence-electron chi connectivity index (χ3n) is 6.67. The Morgan fingerprint density at radius 3 is 2.44 bits per heavy atom. The maximum absolute atomic E-state index is 13.1. The summed E-state index contributed by atoms with van der Waals surface area (Å²) in [5, 5.41) is 0.663. The molecule has 0 N–H and O–H groups in total. The van der Waals surface area contributed by atoms with Gasteiger partial charge in [-0.1, -0.05) is 48.4 Å². The number of hydrogen-bond donors (Lipinski definition) is 0. The van der Waals surface area contributed by atoms with E-state index >= 15 is 0 Å². The molecule has 2 aromatic carbocycles. The van der Waals surface area contributed by atoms with Gasteiger partial charge >= 0.3 is 5.97 Å². The Kier molecular flexibility index (Phi) is 7.36. The topological polar surface area (TPSA) is 55.8 Å². The van der Waals surface area contributed by atoms with Gasteiger partial charge in [0.25, 0.3) is 0 Å². The number of amides is 1. The summed E-state index contributed by atoms with van der Waals surface area (Å²) in [5.74, 6) is 0.833. The van der Waals surface area contributed by atoms with Crippen molar-refractivity contribution < 1.29 is 19.1 Å². The molecule has 5 nitrogen and oxygen atoms in total. The Morgan fingerprint density at radius 1 is 0.938 bits per heavy atom. The fourth-order valence-corrected chi connectivity index (χ4v) is 4.82. The highest BCUT2D eigenvalue weighted by atomic mass is 35.5. The second-order valence-electron chi connectivity index (χ2n) is 8.76. The SMILES string of the molecule is O=C(Cc1ccc(Cl)cc1)N1CCC2(CCCCc3ccccc3OCCOC2=O)CC1. The van der Waals surface area contributed by atoms with Crippen molar-refractivity contribution in [2.45, 2.75) is 44.9 Å². The first-order chi connectivity index (χ1) is 15.6. The third-order valence-corrected chi connectivity index (χ3v) is 6.92. The molecular weight excluding hydrogens is 426 g/mol. The van der Waals surface area contributed by atoms with Crippen LogP contribution in [0.25, 0.3) is 0 Å². The highest BCUT2D eigenvalue weighted by Crippen LogP contribution is 2.39. The largest absolute Gasteiger partial charge is 0.490 e. The number of fused-ring (bicyclic) bond motifs is 1. The van der Waals surface area contributed by atoms with Gasteiger partial charge in [-0.25, -0.2) is 0 Å². The van der Waals surface area contributed by atoms with Crippen molar-refractivity contribution in [3.8, 4) is 5.75 Å². The van der Waals surface area contributed by atoms with Crippen molar-refractivity contribution in [2.75, 3.05) is 26.3 Å². The lowest BCUT2D eigenvalue weighted by molar-refractivity contribution is -0.162. The van der Waals surface area contributed by atoms with Crippen molar-refractivity contribution in [1.82, 2.24) is 4.90 Å². The number of cyclic esters (lactones) is 1. The van der Waals surface area contributed by atoms with Crippen molar-refractivity contribution >= 4 is 23.5 Å². The molecule has 2 aliphatic heterocycles. The Morgan fingerprint density at radius 2 is 1.66 bits per heavy atom. The number of ether oxygens (including phenoxy) is 2. The molecule has 4 rings (SSSR count). The molecule has 0 aliphatic carbocycles. The van der Waals surface area contributed by atoms with Gasteiger partial charge < -0.3 is 14.4 Å². The van der Waals surface area contributed by atoms with E-state index < -0.39 is 5.41 Å². The van der Waals surface area contributed by atoms with Crippen LogP contribution in [0.5, 0.6) is 5.75 Å². The summed E-state index contributed by atoms with van der Waals surface area (Å²) in [6, 6.07) is 15.5. The Bertz CT molecular complexity index is 935. The van der Waals surface area contributed by atoms with Crippen LogP contribution in [0.4, 0.5) is 0 Å². The zero-order valence-electron chi connectivity index (χ0n) is 18.4. The predicted octanol–water partition coefficient (Wildman–Crippen LogP) is 4.84. The lowest BCUT2D eigenvalue weighted by Crippen LogP contribution is -2.47. The van der Waals surface area contributed by atoms with Gasteiger partial charge in [-0.3, -0.25) is 9.59 Å². The van der Waals surface area contributed by atoms with Gasteiger partial charge in [0.05, 0.1) is 11.8 Å². The number of esters is 1. The fourth-order valence-electron chi connectivity index (χ4n) is 4.70. The van der Waals surface area contributed by atoms with E-state index in [4.69, 9.17) is 21.1 Å². The molecule has 2 heterocycles. The Hall–Kier alpha value is -2.53. The van der Waals surface area contributed by atoms with E-state index in [9.17, 15) is 9.59 Å². The van der Waals surface area contributed by atoms with Gasteiger partial charge in [-0.05, 0) is 61.4 Å². The number of likely N-dealkylation sites (tertiary alicyclic amines) is 1. The van der Waals surface area contributed by atoms with Gasteiger partial charge in [-0.15, -0.1) is 0 Å². The van der Waals surface area contributed by atoms with Crippen LogP contribution in [-0.2, 0) is 27.2 Å². The van der Waals surface area contributed by atoms with Crippen LogP contribution < -0.4 is 4.74 Å². The van der Waals surface area contributed by atoms with E-state index in [0.717, 1.165) is 37.0 Å². The third kappa shape index (κ3) is 5.44. The van der Waals surface area contributed by atoms with E-state index in [2.05, 4.69) is 6.07 Å². The van der Waals surface area contributed by atoms with Crippen LogP contribution in [0.2, 0.25) is 5.02 Å². The molecule has 0 aromatic heterocycles. The summed E-state index contributed by atoms with van der Waals surface area (Å²) in [7, 11) is 0. The number of carbonyl (C=O) groups is 2. The number of piperidine rings is 1. The smallest absolute Gasteiger partial charge is 0.312 e. The Labute approximate surface area is 194 Å². The zero-order valence-corrected chi connectivity index (χ0v) is 19.1. The summed E-state index contributed by atoms with van der Waals surface area (Å²) >= 11 is 5.94. The van der Waals surface area contributed by atoms with E-state index in [-0.39, 0.29) is 18.5 Å². The summed E-state index contributed by atoms with van der Waals surface area (Å²) < 4.78 is 11.5. The van der Waals surface area contributed by atoms with E-state index in [1.165, 1.54) is 5.56 Å². The maximum Gasteiger partial charge on any atom is 0.312 e. The number of para-hydroxylation sites is 1. The molecule has 0 radical (unpaired) electrons. The van der Waals surface area contributed by atoms with E-state index in [0.29, 0.717) is 44.0 Å². The monoisotopic (exact) mass is 455 g/mol. The van der Waals surface area contributed by atoms with Crippen molar-refractivity contribution in [1.29, 1.82) is 0 Å². The van der Waals surface area contributed by atoms with Crippen LogP contribution >= 0.6 is 11.6 Å². The summed E-state index contributed by atoms with van der Waals surface area (Å²) in [5.41, 5.74) is 1.65. The van der Waals surface area contributed by atoms with E-state index in [1.54, 1.807) is 12.1 Å². The summed E-state index contributed by atoms with van der Waals surface area (Å²) in [6.07, 6.45) is 5.33. The molecular formula is C26H30ClNO4. The second kappa shape index (κ2) is 10.4. The van der Waals surface area contributed by atoms with Gasteiger partial charge in [0.1, 0.15) is 19.0 Å². The number of rotatable bonds is 2. The molecule has 2 aromatic rings. The number of hydrogen-bond acceptors (Lipinski definition) is 4. The highest BCUT2D eigenvalue weighted by molar-refractivity contribution is 6.30. The molecule has 0 bridgehead atoms. The lowest BCUT2D eigenvalue weighted by atomic mass is 9.74. The molecule has 1 spiro atoms. The molecule has 6 heteroatoms. The lowest BCUT2D eigenvalue weighted by Gasteiger charge is -2.40. The number of carbonyl (C=O) groups excluding carboxylic acids is 2. The van der Waals surface area contributed by atoms with Crippen LogP contribution in [0.1, 0.15) is 43.2 Å². The van der Waals surface area contributed by atoms with Crippen LogP contribution in [0.15, 0.2) is 48.5 Å². The molecule has 0 unspecified atom stereocenters. The maximum atomic E-state index is 13.1. The van der Waals surface area contributed by atoms with Crippen molar-refractivity contribution in [3.05, 3.63) is 64.7 Å². The average molecular weight is 456 g/mol. The standard InChI is InChI=1S/C26H30ClNO4/c27-22-10-8-20(9-11-22)19-24(29)28-15-13-26(14-16-28)12-4-3-6-21-5-1-2-7-23(21)31-17-18-32-25(26)30/h1-2,5,7-11H,3-4,6,12-19H2. The zero-order chi connectivity index (χ0) is 22.4. The average Bonchev–Trinajstić information content (AvgIpc) is 2.81. The number of halogens is 1. The molecule has 170 valence electrons. The van der Waals surface area contributed by atoms with Crippen molar-refractivity contribution in [3.63, 3.8) is 0 Å². The quantitative estimate of drug-likeness (QED) is 0.608. The van der Waals surface area contributed by atoms with Gasteiger partial charge in [-0.2, -0.15) is 0 Å². The predicted molar refractivity (Wildman–Crippen MR) is 124 cm³/mol. The van der Waals surface area contributed by atoms with Crippen LogP contribution in [0.3, 0.4) is 0 Å². The van der Waals surface area contributed by atoms with Crippen LogP contribution in [0, 0.1) is 5.41 Å². The number of aryl methyl sites for hydroxylation is 1. The minimum absolute atomic E-state index is 0.0914. The van der Waals surface area contributed by atoms with E-state index in [1.807, 2.05) is 35.2 Å². The van der Waals surface area contributed by atoms with Crippen molar-refractivity contribution in [2.24, 2.45) is 5.41 Å². The molecule has 1 fully saturated rings. The number of nitrogens with zero attached hydrogens (tertiary/aromatic N) is 1. The number of benzene rings is 2. The normalized spacial score (nSPS) is 19.2. The fraction of sp³-hybridized carbons (Fsp3) is 0.462. The molecule has 0 atom stereocenters. The van der Waals surface area contributed by atoms with Gasteiger partial charge in [0.15, 0.2) is 0 Å². The van der Waals surface area contributed by atoms with Gasteiger partial charge in [0, 0.05) is 18.1 Å². The first kappa shape index (κ1) is 22.7. The molecule has 0 saturated carbocycles. The summed E-state index contributed by atoms with van der Waals surface area (Å²) in [6.45, 7) is 1.76. The van der Waals surface area contributed by atoms with Crippen LogP contribution in [-0.4, -0.2) is 43.1 Å². The Balaban J connectivity index is 1.37. The minimum atomic E-state index is -0.504. The highest BCUT2D eigenvalue weighted by Gasteiger charge is 2.43. The molecule has 1 saturated heterocycles. The second-order valence-corrected chi connectivity index (χ2v) is 9.20. The molecule has 32 heavy (non-hydrogen) atoms. The molecule has 1 amide bonds. The molecule has 2 aliphatic rings. The van der Waals surface area contributed by atoms with Gasteiger partial charge in [0.2, 0.25) is 5.91 Å². The summed E-state index contributed by atoms with van der Waals surface area (Å²) in [4.78, 5) is 27.7. The minimum Gasteiger partial charge on any atom is -0.490 e. The first-order valence-electron chi connectivity index (χ1n) is 11.5.